The second kappa shape index (κ2) is 7.43. The second-order valence-electron chi connectivity index (χ2n) is 6.92. The van der Waals surface area contributed by atoms with Crippen LogP contribution in [0.1, 0.15) is 22.4 Å². The summed E-state index contributed by atoms with van der Waals surface area (Å²) in [6.07, 6.45) is 1.76. The van der Waals surface area contributed by atoms with Crippen molar-refractivity contribution in [2.24, 2.45) is 0 Å². The third-order valence-electron chi connectivity index (χ3n) is 5.20. The van der Waals surface area contributed by atoms with E-state index in [1.165, 1.54) is 18.2 Å². The average molecular weight is 377 g/mol. The van der Waals surface area contributed by atoms with Gasteiger partial charge in [-0.3, -0.25) is 0 Å². The number of rotatable bonds is 5. The number of aryl methyl sites for hydroxylation is 1. The van der Waals surface area contributed by atoms with Gasteiger partial charge < -0.3 is 9.88 Å². The Labute approximate surface area is 162 Å². The molecule has 0 unspecified atom stereocenters. The fourth-order valence-electron chi connectivity index (χ4n) is 3.53. The van der Waals surface area contributed by atoms with Crippen LogP contribution in [0.5, 0.6) is 0 Å². The molecule has 0 fully saturated rings. The highest BCUT2D eigenvalue weighted by molar-refractivity contribution is 5.94. The molecule has 1 N–H and O–H groups in total. The molecule has 0 spiro atoms. The number of hydrogen-bond donors (Lipinski definition) is 1. The minimum atomic E-state index is -0.249. The quantitative estimate of drug-likeness (QED) is 0.491. The highest BCUT2D eigenvalue weighted by Crippen LogP contribution is 2.31. The molecule has 2 heterocycles. The molecule has 0 aliphatic rings. The first-order chi connectivity index (χ1) is 13.5. The zero-order chi connectivity index (χ0) is 19.7. The summed E-state index contributed by atoms with van der Waals surface area (Å²) < 4.78 is 29.4. The van der Waals surface area contributed by atoms with Gasteiger partial charge in [0.2, 0.25) is 0 Å². The molecule has 0 saturated heterocycles. The van der Waals surface area contributed by atoms with Crippen molar-refractivity contribution in [3.8, 4) is 0 Å². The predicted octanol–water partition coefficient (Wildman–Crippen LogP) is 5.59. The lowest BCUT2D eigenvalue weighted by atomic mass is 10.1. The van der Waals surface area contributed by atoms with Gasteiger partial charge in [-0.15, -0.1) is 0 Å². The van der Waals surface area contributed by atoms with Crippen LogP contribution in [0.15, 0.2) is 60.8 Å². The second-order valence-corrected chi connectivity index (χ2v) is 6.92. The van der Waals surface area contributed by atoms with Crippen molar-refractivity contribution in [2.75, 3.05) is 5.32 Å². The van der Waals surface area contributed by atoms with Crippen molar-refractivity contribution >= 4 is 16.7 Å². The highest BCUT2D eigenvalue weighted by Gasteiger charge is 2.16. The largest absolute Gasteiger partial charge is 0.365 e. The Morgan fingerprint density at radius 1 is 0.964 bits per heavy atom. The number of nitrogens with one attached hydrogen (secondary N) is 1. The number of anilines is 1. The molecule has 4 rings (SSSR count). The molecule has 2 aromatic heterocycles. The molecule has 0 aliphatic heterocycles. The Bertz CT molecular complexity index is 1130. The Hall–Kier alpha value is -3.21. The summed E-state index contributed by atoms with van der Waals surface area (Å²) in [6, 6.07) is 15.2. The fraction of sp³-hybridized carbons (Fsp3) is 0.174. The Kier molecular flexibility index (Phi) is 4.82. The van der Waals surface area contributed by atoms with Crippen LogP contribution in [0.4, 0.5) is 14.6 Å². The SMILES string of the molecule is Cc1c(C)n(Cc2ccccc2F)c2ccnc(NCc3ccc(F)cc3)c12. The van der Waals surface area contributed by atoms with Gasteiger partial charge in [0.1, 0.15) is 17.5 Å². The molecule has 0 amide bonds. The number of aromatic nitrogens is 2. The summed E-state index contributed by atoms with van der Waals surface area (Å²) in [4.78, 5) is 4.51. The van der Waals surface area contributed by atoms with Crippen molar-refractivity contribution < 1.29 is 8.78 Å². The maximum absolute atomic E-state index is 14.2. The summed E-state index contributed by atoms with van der Waals surface area (Å²) in [5.41, 5.74) is 4.83. The van der Waals surface area contributed by atoms with E-state index in [9.17, 15) is 8.78 Å². The monoisotopic (exact) mass is 377 g/mol. The maximum Gasteiger partial charge on any atom is 0.135 e. The molecule has 0 aliphatic carbocycles. The lowest BCUT2D eigenvalue weighted by Crippen LogP contribution is -2.04. The maximum atomic E-state index is 14.2. The number of pyridine rings is 1. The molecule has 0 bridgehead atoms. The van der Waals surface area contributed by atoms with Gasteiger partial charge in [-0.25, -0.2) is 13.8 Å². The van der Waals surface area contributed by atoms with Gasteiger partial charge in [-0.1, -0.05) is 30.3 Å². The van der Waals surface area contributed by atoms with E-state index in [-0.39, 0.29) is 11.6 Å². The van der Waals surface area contributed by atoms with E-state index < -0.39 is 0 Å². The molecule has 0 saturated carbocycles. The third-order valence-corrected chi connectivity index (χ3v) is 5.20. The van der Waals surface area contributed by atoms with Crippen molar-refractivity contribution in [1.29, 1.82) is 0 Å². The Morgan fingerprint density at radius 2 is 1.71 bits per heavy atom. The van der Waals surface area contributed by atoms with Crippen LogP contribution in [0.3, 0.4) is 0 Å². The minimum absolute atomic E-state index is 0.204. The van der Waals surface area contributed by atoms with E-state index in [1.807, 2.05) is 25.1 Å². The summed E-state index contributed by atoms with van der Waals surface area (Å²) in [6.45, 7) is 5.10. The first-order valence-electron chi connectivity index (χ1n) is 9.20. The molecule has 2 aromatic carbocycles. The van der Waals surface area contributed by atoms with Crippen LogP contribution < -0.4 is 5.32 Å². The smallest absolute Gasteiger partial charge is 0.135 e. The van der Waals surface area contributed by atoms with Gasteiger partial charge in [-0.05, 0) is 49.2 Å². The molecule has 3 nitrogen and oxygen atoms in total. The standard InChI is InChI=1S/C23H21F2N3/c1-15-16(2)28(14-18-5-3-4-6-20(18)25)21-11-12-26-23(22(15)21)27-13-17-7-9-19(24)10-8-17/h3-12H,13-14H2,1-2H3,(H,26,27). The zero-order valence-electron chi connectivity index (χ0n) is 15.8. The van der Waals surface area contributed by atoms with Crippen LogP contribution in [0.2, 0.25) is 0 Å². The number of hydrogen-bond acceptors (Lipinski definition) is 2. The highest BCUT2D eigenvalue weighted by atomic mass is 19.1. The van der Waals surface area contributed by atoms with E-state index >= 15 is 0 Å². The summed E-state index contributed by atoms with van der Waals surface area (Å²) in [5.74, 6) is 0.320. The van der Waals surface area contributed by atoms with Gasteiger partial charge in [0.15, 0.2) is 0 Å². The minimum Gasteiger partial charge on any atom is -0.365 e. The van der Waals surface area contributed by atoms with Gasteiger partial charge in [-0.2, -0.15) is 0 Å². The van der Waals surface area contributed by atoms with Gasteiger partial charge in [0.25, 0.3) is 0 Å². The van der Waals surface area contributed by atoms with Gasteiger partial charge in [0, 0.05) is 29.4 Å². The van der Waals surface area contributed by atoms with Crippen LogP contribution in [0.25, 0.3) is 10.9 Å². The summed E-state index contributed by atoms with van der Waals surface area (Å²) in [5, 5.41) is 4.39. The average Bonchev–Trinajstić information content (AvgIpc) is 2.94. The topological polar surface area (TPSA) is 29.9 Å². The van der Waals surface area contributed by atoms with Gasteiger partial charge >= 0.3 is 0 Å². The Morgan fingerprint density at radius 3 is 2.46 bits per heavy atom. The zero-order valence-corrected chi connectivity index (χ0v) is 15.8. The Balaban J connectivity index is 1.70. The van der Waals surface area contributed by atoms with Crippen molar-refractivity contribution in [3.05, 3.63) is 94.8 Å². The molecular formula is C23H21F2N3. The number of nitrogens with zero attached hydrogens (tertiary/aromatic N) is 2. The van der Waals surface area contributed by atoms with Gasteiger partial charge in [0.05, 0.1) is 12.1 Å². The van der Waals surface area contributed by atoms with Crippen LogP contribution in [-0.4, -0.2) is 9.55 Å². The number of fused-ring (bicyclic) bond motifs is 1. The lowest BCUT2D eigenvalue weighted by Gasteiger charge is -2.10. The fourth-order valence-corrected chi connectivity index (χ4v) is 3.53. The first kappa shape index (κ1) is 18.2. The van der Waals surface area contributed by atoms with Crippen molar-refractivity contribution in [2.45, 2.75) is 26.9 Å². The van der Waals surface area contributed by atoms with E-state index in [0.717, 1.165) is 33.5 Å². The molecule has 142 valence electrons. The molecule has 5 heteroatoms. The van der Waals surface area contributed by atoms with E-state index in [0.29, 0.717) is 18.7 Å². The van der Waals surface area contributed by atoms with E-state index in [2.05, 4.69) is 21.8 Å². The molecule has 28 heavy (non-hydrogen) atoms. The van der Waals surface area contributed by atoms with Crippen LogP contribution in [0, 0.1) is 25.5 Å². The first-order valence-corrected chi connectivity index (χ1v) is 9.20. The van der Waals surface area contributed by atoms with E-state index in [4.69, 9.17) is 0 Å². The normalized spacial score (nSPS) is 11.1. The van der Waals surface area contributed by atoms with Crippen LogP contribution in [-0.2, 0) is 13.1 Å². The molecule has 4 aromatic rings. The van der Waals surface area contributed by atoms with Crippen molar-refractivity contribution in [3.63, 3.8) is 0 Å². The predicted molar refractivity (Wildman–Crippen MR) is 108 cm³/mol. The van der Waals surface area contributed by atoms with Crippen LogP contribution >= 0.6 is 0 Å². The molecule has 0 radical (unpaired) electrons. The number of halogens is 2. The lowest BCUT2D eigenvalue weighted by molar-refractivity contribution is 0.600. The third kappa shape index (κ3) is 3.36. The summed E-state index contributed by atoms with van der Waals surface area (Å²) in [7, 11) is 0. The van der Waals surface area contributed by atoms with Crippen molar-refractivity contribution in [1.82, 2.24) is 9.55 Å². The number of benzene rings is 2. The molecule has 0 atom stereocenters. The van der Waals surface area contributed by atoms with E-state index in [1.54, 1.807) is 24.4 Å². The molecular weight excluding hydrogens is 356 g/mol. The summed E-state index contributed by atoms with van der Waals surface area (Å²) >= 11 is 0.